The molecule has 1 amide bonds. The number of rotatable bonds is 5. The van der Waals surface area contributed by atoms with E-state index >= 15 is 0 Å². The van der Waals surface area contributed by atoms with Gasteiger partial charge < -0.3 is 10.1 Å². The first-order chi connectivity index (χ1) is 12.1. The molecule has 3 aromatic rings. The summed E-state index contributed by atoms with van der Waals surface area (Å²) >= 11 is 3.41. The lowest BCUT2D eigenvalue weighted by atomic mass is 10.1. The Morgan fingerprint density at radius 1 is 1.16 bits per heavy atom. The highest BCUT2D eigenvalue weighted by Crippen LogP contribution is 2.21. The van der Waals surface area contributed by atoms with Crippen molar-refractivity contribution in [1.82, 2.24) is 15.1 Å². The van der Waals surface area contributed by atoms with Gasteiger partial charge in [-0.3, -0.25) is 4.79 Å². The van der Waals surface area contributed by atoms with E-state index in [-0.39, 0.29) is 17.6 Å². The third-order valence-corrected chi connectivity index (χ3v) is 4.38. The maximum Gasteiger partial charge on any atom is 0.276 e. The molecule has 1 atom stereocenters. The van der Waals surface area contributed by atoms with Crippen LogP contribution >= 0.6 is 15.9 Å². The molecular weight excluding hydrogens is 382 g/mol. The van der Waals surface area contributed by atoms with Crippen LogP contribution in [0.25, 0.3) is 5.69 Å². The second-order valence-corrected chi connectivity index (χ2v) is 6.49. The third kappa shape index (κ3) is 3.91. The number of para-hydroxylation sites is 1. The quantitative estimate of drug-likeness (QED) is 0.701. The Morgan fingerprint density at radius 3 is 2.48 bits per heavy atom. The van der Waals surface area contributed by atoms with Crippen molar-refractivity contribution in [1.29, 1.82) is 0 Å². The second-order valence-electron chi connectivity index (χ2n) is 5.57. The van der Waals surface area contributed by atoms with Gasteiger partial charge in [-0.15, -0.1) is 0 Å². The number of halogens is 1. The monoisotopic (exact) mass is 399 g/mol. The van der Waals surface area contributed by atoms with Gasteiger partial charge in [-0.1, -0.05) is 46.3 Å². The standard InChI is InChI=1S/C19H18BrN3O2/c1-13(14-8-10-15(20)11-9-14)21-19(24)18-17(25-2)12-23(22-18)16-6-4-3-5-7-16/h3-13H,1-2H3,(H,21,24). The summed E-state index contributed by atoms with van der Waals surface area (Å²) in [5, 5.41) is 7.35. The lowest BCUT2D eigenvalue weighted by Gasteiger charge is -2.14. The summed E-state index contributed by atoms with van der Waals surface area (Å²) in [4.78, 5) is 12.6. The van der Waals surface area contributed by atoms with Crippen LogP contribution < -0.4 is 10.1 Å². The molecule has 0 aliphatic heterocycles. The lowest BCUT2D eigenvalue weighted by molar-refractivity contribution is 0.0931. The maximum atomic E-state index is 12.6. The number of carbonyl (C=O) groups is 1. The van der Waals surface area contributed by atoms with Crippen LogP contribution in [0.3, 0.4) is 0 Å². The Morgan fingerprint density at radius 2 is 1.84 bits per heavy atom. The third-order valence-electron chi connectivity index (χ3n) is 3.85. The van der Waals surface area contributed by atoms with Crippen molar-refractivity contribution in [2.45, 2.75) is 13.0 Å². The molecule has 5 nitrogen and oxygen atoms in total. The Labute approximate surface area is 154 Å². The molecule has 1 N–H and O–H groups in total. The smallest absolute Gasteiger partial charge is 0.276 e. The van der Waals surface area contributed by atoms with E-state index in [1.54, 1.807) is 10.9 Å². The fraction of sp³-hybridized carbons (Fsp3) is 0.158. The van der Waals surface area contributed by atoms with Crippen molar-refractivity contribution in [3.63, 3.8) is 0 Å². The van der Waals surface area contributed by atoms with E-state index in [9.17, 15) is 4.79 Å². The van der Waals surface area contributed by atoms with Crippen LogP contribution in [-0.4, -0.2) is 22.8 Å². The molecule has 0 aliphatic rings. The van der Waals surface area contributed by atoms with Gasteiger partial charge in [-0.2, -0.15) is 5.10 Å². The zero-order valence-corrected chi connectivity index (χ0v) is 15.5. The summed E-state index contributed by atoms with van der Waals surface area (Å²) in [5.41, 5.74) is 2.13. The van der Waals surface area contributed by atoms with Gasteiger partial charge >= 0.3 is 0 Å². The average molecular weight is 400 g/mol. The van der Waals surface area contributed by atoms with Crippen molar-refractivity contribution in [2.24, 2.45) is 0 Å². The molecule has 0 bridgehead atoms. The van der Waals surface area contributed by atoms with E-state index in [1.165, 1.54) is 7.11 Å². The van der Waals surface area contributed by atoms with Gasteiger partial charge in [-0.25, -0.2) is 4.68 Å². The van der Waals surface area contributed by atoms with E-state index in [0.717, 1.165) is 15.7 Å². The summed E-state index contributed by atoms with van der Waals surface area (Å²) in [6, 6.07) is 17.3. The van der Waals surface area contributed by atoms with Gasteiger partial charge in [-0.05, 0) is 36.8 Å². The Balaban J connectivity index is 1.82. The molecule has 0 saturated carbocycles. The Bertz CT molecular complexity index is 860. The number of methoxy groups -OCH3 is 1. The number of nitrogens with zero attached hydrogens (tertiary/aromatic N) is 2. The van der Waals surface area contributed by atoms with Crippen molar-refractivity contribution in [3.05, 3.63) is 76.5 Å². The van der Waals surface area contributed by atoms with Crippen molar-refractivity contribution in [2.75, 3.05) is 7.11 Å². The number of ether oxygens (including phenoxy) is 1. The predicted molar refractivity (Wildman–Crippen MR) is 100 cm³/mol. The zero-order valence-electron chi connectivity index (χ0n) is 13.9. The summed E-state index contributed by atoms with van der Waals surface area (Å²) in [7, 11) is 1.53. The van der Waals surface area contributed by atoms with E-state index in [0.29, 0.717) is 5.75 Å². The number of amides is 1. The number of benzene rings is 2. The lowest BCUT2D eigenvalue weighted by Crippen LogP contribution is -2.27. The van der Waals surface area contributed by atoms with Crippen molar-refractivity contribution < 1.29 is 9.53 Å². The molecule has 0 saturated heterocycles. The van der Waals surface area contributed by atoms with Gasteiger partial charge in [0.1, 0.15) is 0 Å². The molecule has 0 radical (unpaired) electrons. The van der Waals surface area contributed by atoms with Crippen LogP contribution in [0.1, 0.15) is 29.0 Å². The first kappa shape index (κ1) is 17.2. The highest BCUT2D eigenvalue weighted by atomic mass is 79.9. The van der Waals surface area contributed by atoms with Gasteiger partial charge in [0.05, 0.1) is 25.0 Å². The molecule has 0 fully saturated rings. The number of hydrogen-bond acceptors (Lipinski definition) is 3. The molecule has 0 aliphatic carbocycles. The van der Waals surface area contributed by atoms with E-state index in [4.69, 9.17) is 4.74 Å². The van der Waals surface area contributed by atoms with Crippen LogP contribution in [0.5, 0.6) is 5.75 Å². The minimum absolute atomic E-state index is 0.146. The van der Waals surface area contributed by atoms with Crippen LogP contribution in [0.2, 0.25) is 0 Å². The van der Waals surface area contributed by atoms with Gasteiger partial charge in [0.2, 0.25) is 0 Å². The number of aromatic nitrogens is 2. The summed E-state index contributed by atoms with van der Waals surface area (Å²) in [6.07, 6.45) is 1.70. The number of hydrogen-bond donors (Lipinski definition) is 1. The molecule has 2 aromatic carbocycles. The van der Waals surface area contributed by atoms with Crippen molar-refractivity contribution >= 4 is 21.8 Å². The molecule has 25 heavy (non-hydrogen) atoms. The van der Waals surface area contributed by atoms with Crippen LogP contribution in [0, 0.1) is 0 Å². The van der Waals surface area contributed by atoms with Gasteiger partial charge in [0.25, 0.3) is 5.91 Å². The highest BCUT2D eigenvalue weighted by molar-refractivity contribution is 9.10. The SMILES string of the molecule is COc1cn(-c2ccccc2)nc1C(=O)NC(C)c1ccc(Br)cc1. The molecule has 0 spiro atoms. The minimum atomic E-state index is -0.276. The topological polar surface area (TPSA) is 56.2 Å². The largest absolute Gasteiger partial charge is 0.493 e. The van der Waals surface area contributed by atoms with E-state index in [1.807, 2.05) is 61.5 Å². The average Bonchev–Trinajstić information content (AvgIpc) is 3.07. The van der Waals surface area contributed by atoms with Crippen LogP contribution in [-0.2, 0) is 0 Å². The summed E-state index contributed by atoms with van der Waals surface area (Å²) < 4.78 is 7.96. The Kier molecular flexibility index (Phi) is 5.19. The second kappa shape index (κ2) is 7.53. The van der Waals surface area contributed by atoms with Crippen molar-refractivity contribution in [3.8, 4) is 11.4 Å². The minimum Gasteiger partial charge on any atom is -0.493 e. The van der Waals surface area contributed by atoms with Gasteiger partial charge in [0, 0.05) is 4.47 Å². The Hall–Kier alpha value is -2.60. The molecule has 1 unspecified atom stereocenters. The normalized spacial score (nSPS) is 11.8. The molecule has 6 heteroatoms. The molecule has 128 valence electrons. The fourth-order valence-electron chi connectivity index (χ4n) is 2.48. The van der Waals surface area contributed by atoms with Crippen LogP contribution in [0.15, 0.2) is 65.3 Å². The number of carbonyl (C=O) groups excluding carboxylic acids is 1. The molecule has 3 rings (SSSR count). The van der Waals surface area contributed by atoms with E-state index in [2.05, 4.69) is 26.3 Å². The fourth-order valence-corrected chi connectivity index (χ4v) is 2.74. The van der Waals surface area contributed by atoms with Crippen LogP contribution in [0.4, 0.5) is 0 Å². The summed E-state index contributed by atoms with van der Waals surface area (Å²) in [5.74, 6) is 0.159. The molecular formula is C19H18BrN3O2. The number of nitrogens with one attached hydrogen (secondary N) is 1. The van der Waals surface area contributed by atoms with E-state index < -0.39 is 0 Å². The zero-order chi connectivity index (χ0) is 17.8. The maximum absolute atomic E-state index is 12.6. The first-order valence-corrected chi connectivity index (χ1v) is 8.63. The highest BCUT2D eigenvalue weighted by Gasteiger charge is 2.20. The molecule has 1 heterocycles. The first-order valence-electron chi connectivity index (χ1n) is 7.84. The van der Waals surface area contributed by atoms with Gasteiger partial charge in [0.15, 0.2) is 11.4 Å². The predicted octanol–water partition coefficient (Wildman–Crippen LogP) is 4.13. The molecule has 1 aromatic heterocycles. The summed E-state index contributed by atoms with van der Waals surface area (Å²) in [6.45, 7) is 1.93.